The molecule has 36 heavy (non-hydrogen) atoms. The van der Waals surface area contributed by atoms with E-state index in [0.29, 0.717) is 37.8 Å². The molecule has 2 aromatic rings. The van der Waals surface area contributed by atoms with Gasteiger partial charge in [-0.05, 0) is 77.1 Å². The maximum absolute atomic E-state index is 12.9. The lowest BCUT2D eigenvalue weighted by molar-refractivity contribution is -0.122. The van der Waals surface area contributed by atoms with Gasteiger partial charge in [0.05, 0.1) is 0 Å². The van der Waals surface area contributed by atoms with Crippen molar-refractivity contribution < 1.29 is 14.4 Å². The Labute approximate surface area is 216 Å². The van der Waals surface area contributed by atoms with Crippen LogP contribution in [0, 0.1) is 12.8 Å². The maximum Gasteiger partial charge on any atom is 0.286 e. The lowest BCUT2D eigenvalue weighted by Gasteiger charge is -2.31. The lowest BCUT2D eigenvalue weighted by Crippen LogP contribution is -2.40. The molecule has 4 rings (SSSR count). The van der Waals surface area contributed by atoms with Gasteiger partial charge < -0.3 is 20.4 Å². The van der Waals surface area contributed by atoms with Crippen LogP contribution >= 0.6 is 11.3 Å². The molecule has 0 bridgehead atoms. The van der Waals surface area contributed by atoms with Gasteiger partial charge in [-0.1, -0.05) is 29.0 Å². The van der Waals surface area contributed by atoms with Gasteiger partial charge in [-0.25, -0.2) is 0 Å². The molecule has 0 spiro atoms. The second-order valence-corrected chi connectivity index (χ2v) is 10.9. The fourth-order valence-electron chi connectivity index (χ4n) is 4.82. The number of anilines is 1. The molecule has 0 aliphatic carbocycles. The van der Waals surface area contributed by atoms with Crippen LogP contribution in [0.1, 0.15) is 70.6 Å². The summed E-state index contributed by atoms with van der Waals surface area (Å²) in [7, 11) is 0. The second kappa shape index (κ2) is 12.4. The van der Waals surface area contributed by atoms with Gasteiger partial charge in [0.25, 0.3) is 11.8 Å². The Morgan fingerprint density at radius 3 is 2.39 bits per heavy atom. The van der Waals surface area contributed by atoms with Crippen molar-refractivity contribution in [2.45, 2.75) is 58.4 Å². The van der Waals surface area contributed by atoms with Crippen LogP contribution in [0.15, 0.2) is 24.3 Å². The Hall–Kier alpha value is -2.85. The number of benzene rings is 1. The molecule has 194 valence electrons. The molecule has 3 heterocycles. The number of likely N-dealkylation sites (tertiary alicyclic amines) is 2. The molecule has 0 saturated carbocycles. The summed E-state index contributed by atoms with van der Waals surface area (Å²) in [6.07, 6.45) is 5.60. The van der Waals surface area contributed by atoms with E-state index in [1.807, 2.05) is 31.2 Å². The van der Waals surface area contributed by atoms with Gasteiger partial charge in [-0.15, -0.1) is 10.2 Å². The highest BCUT2D eigenvalue weighted by molar-refractivity contribution is 7.15. The number of nitrogens with one attached hydrogen (secondary N) is 2. The molecule has 1 unspecified atom stereocenters. The average Bonchev–Trinajstić information content (AvgIpc) is 3.58. The third-order valence-corrected chi connectivity index (χ3v) is 8.05. The summed E-state index contributed by atoms with van der Waals surface area (Å²) in [4.78, 5) is 42.0. The molecule has 2 saturated heterocycles. The van der Waals surface area contributed by atoms with E-state index in [4.69, 9.17) is 0 Å². The summed E-state index contributed by atoms with van der Waals surface area (Å²) >= 11 is 1.00. The van der Waals surface area contributed by atoms with Crippen LogP contribution in [0.4, 0.5) is 5.69 Å². The van der Waals surface area contributed by atoms with Gasteiger partial charge in [0.1, 0.15) is 0 Å². The molecule has 1 aromatic carbocycles. The number of aryl methyl sites for hydroxylation is 1. The summed E-state index contributed by atoms with van der Waals surface area (Å²) < 4.78 is 0. The number of aromatic nitrogens is 2. The van der Waals surface area contributed by atoms with Crippen LogP contribution in [0.2, 0.25) is 0 Å². The van der Waals surface area contributed by atoms with Gasteiger partial charge in [-0.2, -0.15) is 0 Å². The monoisotopic (exact) mass is 512 g/mol. The number of carbonyl (C=O) groups excluding carboxylic acids is 3. The SMILES string of the molecule is Cc1ccc(NC(=O)c2nnc(C(=O)N3CCC(CC(=O)NCCC(C)N4CCCC4)CC3)s2)cc1. The van der Waals surface area contributed by atoms with E-state index in [2.05, 4.69) is 32.7 Å². The first-order valence-electron chi connectivity index (χ1n) is 12.9. The normalized spacial score (nSPS) is 17.7. The van der Waals surface area contributed by atoms with Gasteiger partial charge in [0, 0.05) is 37.8 Å². The largest absolute Gasteiger partial charge is 0.356 e. The number of carbonyl (C=O) groups is 3. The fraction of sp³-hybridized carbons (Fsp3) is 0.577. The van der Waals surface area contributed by atoms with E-state index < -0.39 is 0 Å². The van der Waals surface area contributed by atoms with E-state index in [0.717, 1.165) is 36.2 Å². The first-order chi connectivity index (χ1) is 17.4. The lowest BCUT2D eigenvalue weighted by atomic mass is 9.93. The van der Waals surface area contributed by atoms with Gasteiger partial charge in [0.15, 0.2) is 0 Å². The third kappa shape index (κ3) is 7.10. The molecule has 3 amide bonds. The number of amides is 3. The quantitative estimate of drug-likeness (QED) is 0.534. The minimum absolute atomic E-state index is 0.0988. The number of rotatable bonds is 9. The Balaban J connectivity index is 1.17. The summed E-state index contributed by atoms with van der Waals surface area (Å²) in [6, 6.07) is 7.97. The Morgan fingerprint density at radius 1 is 1.03 bits per heavy atom. The minimum Gasteiger partial charge on any atom is -0.356 e. The molecule has 2 N–H and O–H groups in total. The van der Waals surface area contributed by atoms with E-state index in [-0.39, 0.29) is 33.7 Å². The van der Waals surface area contributed by atoms with Crippen LogP contribution in [0.5, 0.6) is 0 Å². The zero-order valence-corrected chi connectivity index (χ0v) is 22.0. The zero-order chi connectivity index (χ0) is 25.5. The van der Waals surface area contributed by atoms with Crippen molar-refractivity contribution in [2.75, 3.05) is 38.0 Å². The molecule has 2 aliphatic rings. The van der Waals surface area contributed by atoms with Gasteiger partial charge >= 0.3 is 0 Å². The van der Waals surface area contributed by atoms with E-state index in [9.17, 15) is 14.4 Å². The van der Waals surface area contributed by atoms with Crippen LogP contribution in [0.25, 0.3) is 0 Å². The number of piperidine rings is 1. The predicted octanol–water partition coefficient (Wildman–Crippen LogP) is 3.33. The topological polar surface area (TPSA) is 108 Å². The minimum atomic E-state index is -0.380. The molecule has 9 nitrogen and oxygen atoms in total. The summed E-state index contributed by atoms with van der Waals surface area (Å²) in [6.45, 7) is 8.42. The number of nitrogens with zero attached hydrogens (tertiary/aromatic N) is 4. The fourth-order valence-corrected chi connectivity index (χ4v) is 5.52. The molecule has 2 fully saturated rings. The van der Waals surface area contributed by atoms with Crippen LogP contribution in [0.3, 0.4) is 0 Å². The summed E-state index contributed by atoms with van der Waals surface area (Å²) in [5.41, 5.74) is 1.77. The molecular formula is C26H36N6O3S. The maximum atomic E-state index is 12.9. The first kappa shape index (κ1) is 26.2. The van der Waals surface area contributed by atoms with Crippen LogP contribution in [-0.4, -0.2) is 76.5 Å². The Bertz CT molecular complexity index is 1040. The van der Waals surface area contributed by atoms with Crippen molar-refractivity contribution in [3.05, 3.63) is 39.8 Å². The molecule has 1 aromatic heterocycles. The van der Waals surface area contributed by atoms with Gasteiger partial charge in [-0.3, -0.25) is 14.4 Å². The van der Waals surface area contributed by atoms with Crippen molar-refractivity contribution in [3.8, 4) is 0 Å². The highest BCUT2D eigenvalue weighted by atomic mass is 32.1. The molecule has 10 heteroatoms. The number of hydrogen-bond donors (Lipinski definition) is 2. The summed E-state index contributed by atoms with van der Waals surface area (Å²) in [5.74, 6) is -0.215. The van der Waals surface area contributed by atoms with Crippen molar-refractivity contribution in [2.24, 2.45) is 5.92 Å². The van der Waals surface area contributed by atoms with Gasteiger partial charge in [0.2, 0.25) is 15.9 Å². The van der Waals surface area contributed by atoms with Crippen LogP contribution < -0.4 is 10.6 Å². The van der Waals surface area contributed by atoms with Crippen molar-refractivity contribution in [1.29, 1.82) is 0 Å². The van der Waals surface area contributed by atoms with Crippen molar-refractivity contribution in [3.63, 3.8) is 0 Å². The standard InChI is InChI=1S/C26H36N6O3S/c1-18-5-7-21(8-6-18)28-23(34)24-29-30-25(36-24)26(35)32-15-10-20(11-16-32)17-22(33)27-12-9-19(2)31-13-3-4-14-31/h5-8,19-20H,3-4,9-17H2,1-2H3,(H,27,33)(H,28,34). The van der Waals surface area contributed by atoms with E-state index >= 15 is 0 Å². The second-order valence-electron chi connectivity index (χ2n) is 9.90. The molecule has 0 radical (unpaired) electrons. The Kier molecular flexibility index (Phi) is 9.03. The van der Waals surface area contributed by atoms with E-state index in [1.165, 1.54) is 25.9 Å². The summed E-state index contributed by atoms with van der Waals surface area (Å²) in [5, 5.41) is 14.1. The first-order valence-corrected chi connectivity index (χ1v) is 13.7. The molecular weight excluding hydrogens is 476 g/mol. The average molecular weight is 513 g/mol. The third-order valence-electron chi connectivity index (χ3n) is 7.14. The van der Waals surface area contributed by atoms with Crippen molar-refractivity contribution in [1.82, 2.24) is 25.3 Å². The van der Waals surface area contributed by atoms with Crippen LogP contribution in [-0.2, 0) is 4.79 Å². The highest BCUT2D eigenvalue weighted by Gasteiger charge is 2.28. The van der Waals surface area contributed by atoms with E-state index in [1.54, 1.807) is 4.90 Å². The predicted molar refractivity (Wildman–Crippen MR) is 140 cm³/mol. The Morgan fingerprint density at radius 2 is 1.69 bits per heavy atom. The highest BCUT2D eigenvalue weighted by Crippen LogP contribution is 2.23. The molecule has 1 atom stereocenters. The molecule has 2 aliphatic heterocycles. The van der Waals surface area contributed by atoms with Crippen molar-refractivity contribution >= 4 is 34.7 Å². The zero-order valence-electron chi connectivity index (χ0n) is 21.2. The number of hydrogen-bond acceptors (Lipinski definition) is 7. The smallest absolute Gasteiger partial charge is 0.286 e.